The average molecular weight is 329 g/mol. The summed E-state index contributed by atoms with van der Waals surface area (Å²) < 4.78 is 13.9. The fourth-order valence-corrected chi connectivity index (χ4v) is 3.32. The standard InChI is InChI=1S/C16H19N5OS/c1-2-6-13-11-15(21-16(20-13)18-12-19-21)17-9-10-23(22)14-7-4-3-5-8-14/h3-5,7-8,11-12,17H,2,6,9-10H2,1H3/t23-/m1/s1. The molecule has 1 aromatic carbocycles. The highest BCUT2D eigenvalue weighted by Gasteiger charge is 2.08. The first-order valence-electron chi connectivity index (χ1n) is 7.65. The van der Waals surface area contributed by atoms with E-state index in [1.807, 2.05) is 36.4 Å². The molecule has 0 aliphatic rings. The van der Waals surface area contributed by atoms with Crippen molar-refractivity contribution in [1.82, 2.24) is 19.6 Å². The van der Waals surface area contributed by atoms with Crippen molar-refractivity contribution in [2.45, 2.75) is 24.7 Å². The highest BCUT2D eigenvalue weighted by Crippen LogP contribution is 2.12. The lowest BCUT2D eigenvalue weighted by molar-refractivity contribution is 0.683. The topological polar surface area (TPSA) is 72.2 Å². The van der Waals surface area contributed by atoms with Crippen LogP contribution < -0.4 is 5.32 Å². The maximum absolute atomic E-state index is 12.2. The fraction of sp³-hybridized carbons (Fsp3) is 0.312. The van der Waals surface area contributed by atoms with Crippen LogP contribution in [0.4, 0.5) is 5.82 Å². The summed E-state index contributed by atoms with van der Waals surface area (Å²) in [7, 11) is -1.01. The quantitative estimate of drug-likeness (QED) is 0.720. The van der Waals surface area contributed by atoms with Crippen LogP contribution in [0.25, 0.3) is 5.78 Å². The third-order valence-corrected chi connectivity index (χ3v) is 4.78. The summed E-state index contributed by atoms with van der Waals surface area (Å²) in [5, 5.41) is 7.48. The molecule has 3 aromatic rings. The van der Waals surface area contributed by atoms with Crippen LogP contribution in [0.2, 0.25) is 0 Å². The summed E-state index contributed by atoms with van der Waals surface area (Å²) in [5.74, 6) is 1.95. The fourth-order valence-electron chi connectivity index (χ4n) is 2.33. The van der Waals surface area contributed by atoms with E-state index >= 15 is 0 Å². The number of hydrogen-bond acceptors (Lipinski definition) is 5. The van der Waals surface area contributed by atoms with E-state index in [0.717, 1.165) is 29.2 Å². The van der Waals surface area contributed by atoms with Crippen molar-refractivity contribution in [3.63, 3.8) is 0 Å². The minimum Gasteiger partial charge on any atom is -0.369 e. The van der Waals surface area contributed by atoms with Crippen molar-refractivity contribution in [3.8, 4) is 0 Å². The first-order chi connectivity index (χ1) is 11.3. The van der Waals surface area contributed by atoms with Crippen molar-refractivity contribution in [2.75, 3.05) is 17.6 Å². The Balaban J connectivity index is 1.69. The van der Waals surface area contributed by atoms with Crippen LogP contribution in [-0.4, -0.2) is 36.1 Å². The molecule has 1 atom stereocenters. The van der Waals surface area contributed by atoms with Crippen LogP contribution in [-0.2, 0) is 17.2 Å². The number of benzene rings is 1. The van der Waals surface area contributed by atoms with Gasteiger partial charge in [-0.05, 0) is 18.6 Å². The first kappa shape index (κ1) is 15.6. The van der Waals surface area contributed by atoms with Gasteiger partial charge in [0.1, 0.15) is 12.1 Å². The van der Waals surface area contributed by atoms with Gasteiger partial charge in [-0.3, -0.25) is 4.21 Å². The first-order valence-corrected chi connectivity index (χ1v) is 8.97. The monoisotopic (exact) mass is 329 g/mol. The van der Waals surface area contributed by atoms with E-state index in [4.69, 9.17) is 0 Å². The van der Waals surface area contributed by atoms with E-state index in [0.29, 0.717) is 18.1 Å². The van der Waals surface area contributed by atoms with E-state index < -0.39 is 10.8 Å². The molecule has 0 radical (unpaired) electrons. The molecule has 0 fully saturated rings. The maximum Gasteiger partial charge on any atom is 0.254 e. The lowest BCUT2D eigenvalue weighted by Gasteiger charge is -2.09. The number of nitrogens with zero attached hydrogens (tertiary/aromatic N) is 4. The second kappa shape index (κ2) is 7.32. The maximum atomic E-state index is 12.2. The molecule has 120 valence electrons. The number of anilines is 1. The van der Waals surface area contributed by atoms with Gasteiger partial charge in [0.25, 0.3) is 5.78 Å². The van der Waals surface area contributed by atoms with Crippen molar-refractivity contribution in [3.05, 3.63) is 48.4 Å². The van der Waals surface area contributed by atoms with Gasteiger partial charge in [-0.1, -0.05) is 31.5 Å². The Morgan fingerprint density at radius 2 is 2.09 bits per heavy atom. The van der Waals surface area contributed by atoms with Gasteiger partial charge in [-0.25, -0.2) is 4.98 Å². The minimum absolute atomic E-state index is 0.533. The molecule has 0 aliphatic heterocycles. The van der Waals surface area contributed by atoms with Gasteiger partial charge < -0.3 is 5.32 Å². The second-order valence-electron chi connectivity index (χ2n) is 5.14. The molecule has 2 aromatic heterocycles. The highest BCUT2D eigenvalue weighted by atomic mass is 32.2. The van der Waals surface area contributed by atoms with Gasteiger partial charge in [0.15, 0.2) is 0 Å². The van der Waals surface area contributed by atoms with Crippen molar-refractivity contribution in [2.24, 2.45) is 0 Å². The summed E-state index contributed by atoms with van der Waals surface area (Å²) in [4.78, 5) is 9.47. The SMILES string of the molecule is CCCc1cc(NCC[S@@](=O)c2ccccc2)n2ncnc2n1. The predicted molar refractivity (Wildman–Crippen MR) is 91.0 cm³/mol. The molecule has 0 saturated carbocycles. The summed E-state index contributed by atoms with van der Waals surface area (Å²) in [6, 6.07) is 11.5. The number of aryl methyl sites for hydroxylation is 1. The zero-order valence-electron chi connectivity index (χ0n) is 13.0. The number of hydrogen-bond donors (Lipinski definition) is 1. The summed E-state index contributed by atoms with van der Waals surface area (Å²) >= 11 is 0. The molecule has 0 bridgehead atoms. The van der Waals surface area contributed by atoms with Crippen LogP contribution in [0, 0.1) is 0 Å². The summed E-state index contributed by atoms with van der Waals surface area (Å²) in [5.41, 5.74) is 0.986. The second-order valence-corrected chi connectivity index (χ2v) is 6.71. The average Bonchev–Trinajstić information content (AvgIpc) is 3.04. The van der Waals surface area contributed by atoms with E-state index in [-0.39, 0.29) is 0 Å². The van der Waals surface area contributed by atoms with E-state index in [2.05, 4.69) is 27.3 Å². The molecule has 0 saturated heterocycles. The molecule has 2 heterocycles. The normalized spacial score (nSPS) is 12.4. The number of rotatable bonds is 7. The van der Waals surface area contributed by atoms with Gasteiger partial charge in [-0.2, -0.15) is 14.6 Å². The molecule has 7 heteroatoms. The van der Waals surface area contributed by atoms with E-state index in [1.54, 1.807) is 4.52 Å². The van der Waals surface area contributed by atoms with Crippen LogP contribution in [0.5, 0.6) is 0 Å². The van der Waals surface area contributed by atoms with Crippen LogP contribution >= 0.6 is 0 Å². The third kappa shape index (κ3) is 3.73. The Hall–Kier alpha value is -2.28. The summed E-state index contributed by atoms with van der Waals surface area (Å²) in [6.07, 6.45) is 3.41. The Morgan fingerprint density at radius 3 is 2.87 bits per heavy atom. The van der Waals surface area contributed by atoms with Gasteiger partial charge in [0.05, 0.1) is 10.8 Å². The predicted octanol–water partition coefficient (Wildman–Crippen LogP) is 2.30. The van der Waals surface area contributed by atoms with Crippen LogP contribution in [0.1, 0.15) is 19.0 Å². The molecule has 0 unspecified atom stereocenters. The Bertz CT molecular complexity index is 803. The molecule has 0 amide bonds. The van der Waals surface area contributed by atoms with Gasteiger partial charge in [-0.15, -0.1) is 0 Å². The molecule has 1 N–H and O–H groups in total. The van der Waals surface area contributed by atoms with E-state index in [1.165, 1.54) is 6.33 Å². The zero-order valence-corrected chi connectivity index (χ0v) is 13.8. The molecule has 23 heavy (non-hydrogen) atoms. The molecule has 6 nitrogen and oxygen atoms in total. The highest BCUT2D eigenvalue weighted by molar-refractivity contribution is 7.85. The zero-order chi connectivity index (χ0) is 16.1. The summed E-state index contributed by atoms with van der Waals surface area (Å²) in [6.45, 7) is 2.71. The van der Waals surface area contributed by atoms with E-state index in [9.17, 15) is 4.21 Å². The van der Waals surface area contributed by atoms with Gasteiger partial charge >= 0.3 is 0 Å². The smallest absolute Gasteiger partial charge is 0.254 e. The molecule has 0 spiro atoms. The van der Waals surface area contributed by atoms with Crippen molar-refractivity contribution >= 4 is 22.4 Å². The Morgan fingerprint density at radius 1 is 1.26 bits per heavy atom. The molecular weight excluding hydrogens is 310 g/mol. The Labute approximate surface area is 137 Å². The largest absolute Gasteiger partial charge is 0.369 e. The third-order valence-electron chi connectivity index (χ3n) is 3.41. The number of aromatic nitrogens is 4. The van der Waals surface area contributed by atoms with Crippen molar-refractivity contribution in [1.29, 1.82) is 0 Å². The van der Waals surface area contributed by atoms with Crippen LogP contribution in [0.15, 0.2) is 47.6 Å². The number of nitrogens with one attached hydrogen (secondary N) is 1. The molecular formula is C16H19N5OS. The number of fused-ring (bicyclic) bond motifs is 1. The van der Waals surface area contributed by atoms with Gasteiger partial charge in [0, 0.05) is 29.0 Å². The molecule has 0 aliphatic carbocycles. The Kier molecular flexibility index (Phi) is 4.97. The van der Waals surface area contributed by atoms with Crippen LogP contribution in [0.3, 0.4) is 0 Å². The lowest BCUT2D eigenvalue weighted by atomic mass is 10.2. The minimum atomic E-state index is -1.01. The lowest BCUT2D eigenvalue weighted by Crippen LogP contribution is -2.14. The van der Waals surface area contributed by atoms with Gasteiger partial charge in [0.2, 0.25) is 0 Å². The molecule has 3 rings (SSSR count). The van der Waals surface area contributed by atoms with Crippen molar-refractivity contribution < 1.29 is 4.21 Å².